The molecule has 2 aromatic heterocycles. The normalized spacial score (nSPS) is 10.1. The highest BCUT2D eigenvalue weighted by Crippen LogP contribution is 2.00. The molecular formula is C13H17N7O2. The summed E-state index contributed by atoms with van der Waals surface area (Å²) in [6.45, 7) is 0.357. The molecule has 0 atom stereocenters. The first-order chi connectivity index (χ1) is 10.5. The van der Waals surface area contributed by atoms with Crippen LogP contribution in [-0.4, -0.2) is 50.9 Å². The summed E-state index contributed by atoms with van der Waals surface area (Å²) in [7, 11) is 3.23. The number of urea groups is 1. The highest BCUT2D eigenvalue weighted by molar-refractivity contribution is 5.87. The van der Waals surface area contributed by atoms with Gasteiger partial charge in [0.2, 0.25) is 5.91 Å². The van der Waals surface area contributed by atoms with Crippen LogP contribution in [0.3, 0.4) is 0 Å². The molecular weight excluding hydrogens is 286 g/mol. The zero-order valence-corrected chi connectivity index (χ0v) is 12.4. The Labute approximate surface area is 127 Å². The lowest BCUT2D eigenvalue weighted by Crippen LogP contribution is -2.29. The molecule has 0 radical (unpaired) electrons. The number of amides is 3. The average molecular weight is 303 g/mol. The summed E-state index contributed by atoms with van der Waals surface area (Å²) in [5.41, 5.74) is 0.906. The van der Waals surface area contributed by atoms with Gasteiger partial charge in [-0.2, -0.15) is 9.90 Å². The lowest BCUT2D eigenvalue weighted by Gasteiger charge is -2.09. The van der Waals surface area contributed by atoms with Crippen LogP contribution >= 0.6 is 0 Å². The monoisotopic (exact) mass is 303 g/mol. The fraction of sp³-hybridized carbons (Fsp3) is 0.308. The standard InChI is InChI=1S/C13H17N7O2/c1-19(2)13(22)17-11-8-16-20(18-11)9-12(21)15-7-10-4-3-5-14-6-10/h3-6,8H,7,9H2,1-2H3,(H,15,21)(H,17,18,22). The van der Waals surface area contributed by atoms with E-state index in [0.717, 1.165) is 5.56 Å². The number of carbonyl (C=O) groups excluding carboxylic acids is 2. The molecule has 2 heterocycles. The Kier molecular flexibility index (Phi) is 5.02. The van der Waals surface area contributed by atoms with E-state index in [4.69, 9.17) is 0 Å². The number of aromatic nitrogens is 4. The minimum atomic E-state index is -0.312. The Morgan fingerprint density at radius 2 is 2.14 bits per heavy atom. The molecule has 0 aromatic carbocycles. The summed E-state index contributed by atoms with van der Waals surface area (Å²) in [5.74, 6) is 0.0590. The number of hydrogen-bond acceptors (Lipinski definition) is 5. The Bertz CT molecular complexity index is 639. The molecule has 2 rings (SSSR count). The van der Waals surface area contributed by atoms with E-state index < -0.39 is 0 Å². The van der Waals surface area contributed by atoms with E-state index in [1.807, 2.05) is 6.07 Å². The van der Waals surface area contributed by atoms with E-state index >= 15 is 0 Å². The minimum absolute atomic E-state index is 0.0297. The number of carbonyl (C=O) groups is 2. The Morgan fingerprint density at radius 1 is 1.32 bits per heavy atom. The second kappa shape index (κ2) is 7.16. The van der Waals surface area contributed by atoms with Crippen molar-refractivity contribution in [2.75, 3.05) is 19.4 Å². The van der Waals surface area contributed by atoms with Gasteiger partial charge in [0.25, 0.3) is 0 Å². The average Bonchev–Trinajstić information content (AvgIpc) is 2.93. The molecule has 3 amide bonds. The predicted octanol–water partition coefficient (Wildman–Crippen LogP) is 0.0830. The first kappa shape index (κ1) is 15.4. The van der Waals surface area contributed by atoms with Crippen molar-refractivity contribution in [3.8, 4) is 0 Å². The van der Waals surface area contributed by atoms with Gasteiger partial charge < -0.3 is 10.2 Å². The van der Waals surface area contributed by atoms with Gasteiger partial charge in [-0.1, -0.05) is 6.07 Å². The molecule has 2 N–H and O–H groups in total. The van der Waals surface area contributed by atoms with E-state index in [1.165, 1.54) is 15.9 Å². The van der Waals surface area contributed by atoms with Crippen LogP contribution in [-0.2, 0) is 17.9 Å². The van der Waals surface area contributed by atoms with Crippen molar-refractivity contribution in [3.05, 3.63) is 36.3 Å². The van der Waals surface area contributed by atoms with Gasteiger partial charge in [0.05, 0.1) is 6.20 Å². The Hall–Kier alpha value is -2.97. The zero-order valence-electron chi connectivity index (χ0n) is 12.4. The first-order valence-corrected chi connectivity index (χ1v) is 6.58. The van der Waals surface area contributed by atoms with Crippen molar-refractivity contribution >= 4 is 17.8 Å². The lowest BCUT2D eigenvalue weighted by molar-refractivity contribution is -0.122. The number of rotatable bonds is 5. The molecule has 0 aliphatic carbocycles. The van der Waals surface area contributed by atoms with E-state index in [9.17, 15) is 9.59 Å². The number of nitrogens with zero attached hydrogens (tertiary/aromatic N) is 5. The summed E-state index contributed by atoms with van der Waals surface area (Å²) in [5, 5.41) is 13.2. The minimum Gasteiger partial charge on any atom is -0.350 e. The van der Waals surface area contributed by atoms with Crippen molar-refractivity contribution in [1.82, 2.24) is 30.2 Å². The maximum atomic E-state index is 11.8. The van der Waals surface area contributed by atoms with Gasteiger partial charge >= 0.3 is 6.03 Å². The van der Waals surface area contributed by atoms with Gasteiger partial charge in [0.15, 0.2) is 5.82 Å². The Balaban J connectivity index is 1.82. The smallest absolute Gasteiger partial charge is 0.322 e. The van der Waals surface area contributed by atoms with Gasteiger partial charge in [0, 0.05) is 33.0 Å². The van der Waals surface area contributed by atoms with Crippen molar-refractivity contribution in [3.63, 3.8) is 0 Å². The summed E-state index contributed by atoms with van der Waals surface area (Å²) >= 11 is 0. The van der Waals surface area contributed by atoms with Crippen LogP contribution in [0.2, 0.25) is 0 Å². The van der Waals surface area contributed by atoms with Gasteiger partial charge in [0.1, 0.15) is 6.54 Å². The number of nitrogens with one attached hydrogen (secondary N) is 2. The molecule has 9 heteroatoms. The summed E-state index contributed by atoms with van der Waals surface area (Å²) in [6.07, 6.45) is 4.74. The van der Waals surface area contributed by atoms with Gasteiger partial charge in [-0.25, -0.2) is 4.79 Å². The molecule has 0 unspecified atom stereocenters. The fourth-order valence-corrected chi connectivity index (χ4v) is 1.54. The Morgan fingerprint density at radius 3 is 2.82 bits per heavy atom. The third-order valence-electron chi connectivity index (χ3n) is 2.68. The van der Waals surface area contributed by atoms with Crippen molar-refractivity contribution < 1.29 is 9.59 Å². The molecule has 22 heavy (non-hydrogen) atoms. The summed E-state index contributed by atoms with van der Waals surface area (Å²) in [4.78, 5) is 29.8. The topological polar surface area (TPSA) is 105 Å². The van der Waals surface area contributed by atoms with E-state index in [-0.39, 0.29) is 18.5 Å². The SMILES string of the molecule is CN(C)C(=O)Nc1cnn(CC(=O)NCc2cccnc2)n1. The quantitative estimate of drug-likeness (QED) is 0.814. The summed E-state index contributed by atoms with van der Waals surface area (Å²) < 4.78 is 0. The molecule has 116 valence electrons. The third-order valence-corrected chi connectivity index (χ3v) is 2.68. The highest BCUT2D eigenvalue weighted by Gasteiger charge is 2.09. The van der Waals surface area contributed by atoms with E-state index in [0.29, 0.717) is 12.4 Å². The number of pyridine rings is 1. The second-order valence-corrected chi connectivity index (χ2v) is 4.72. The van der Waals surface area contributed by atoms with E-state index in [1.54, 1.807) is 32.6 Å². The van der Waals surface area contributed by atoms with Crippen LogP contribution in [0.15, 0.2) is 30.7 Å². The van der Waals surface area contributed by atoms with Crippen molar-refractivity contribution in [2.24, 2.45) is 0 Å². The number of anilines is 1. The van der Waals surface area contributed by atoms with Crippen LogP contribution in [0.4, 0.5) is 10.6 Å². The highest BCUT2D eigenvalue weighted by atomic mass is 16.2. The zero-order chi connectivity index (χ0) is 15.9. The van der Waals surface area contributed by atoms with Crippen molar-refractivity contribution in [1.29, 1.82) is 0 Å². The van der Waals surface area contributed by atoms with Crippen LogP contribution in [0.25, 0.3) is 0 Å². The molecule has 0 aliphatic heterocycles. The van der Waals surface area contributed by atoms with E-state index in [2.05, 4.69) is 25.8 Å². The molecule has 2 aromatic rings. The maximum absolute atomic E-state index is 11.8. The first-order valence-electron chi connectivity index (χ1n) is 6.58. The van der Waals surface area contributed by atoms with Crippen LogP contribution in [0.1, 0.15) is 5.56 Å². The maximum Gasteiger partial charge on any atom is 0.322 e. The molecule has 0 fully saturated rings. The molecule has 0 spiro atoms. The number of hydrogen-bond donors (Lipinski definition) is 2. The van der Waals surface area contributed by atoms with Gasteiger partial charge in [-0.15, -0.1) is 5.10 Å². The van der Waals surface area contributed by atoms with Crippen LogP contribution in [0, 0.1) is 0 Å². The lowest BCUT2D eigenvalue weighted by atomic mass is 10.3. The van der Waals surface area contributed by atoms with Crippen LogP contribution < -0.4 is 10.6 Å². The molecule has 9 nitrogen and oxygen atoms in total. The molecule has 0 saturated heterocycles. The summed E-state index contributed by atoms with van der Waals surface area (Å²) in [6, 6.07) is 3.36. The van der Waals surface area contributed by atoms with Crippen LogP contribution in [0.5, 0.6) is 0 Å². The van der Waals surface area contributed by atoms with Gasteiger partial charge in [-0.05, 0) is 11.6 Å². The molecule has 0 aliphatic rings. The molecule has 0 bridgehead atoms. The van der Waals surface area contributed by atoms with Gasteiger partial charge in [-0.3, -0.25) is 15.1 Å². The largest absolute Gasteiger partial charge is 0.350 e. The second-order valence-electron chi connectivity index (χ2n) is 4.72. The predicted molar refractivity (Wildman–Crippen MR) is 78.8 cm³/mol. The third kappa shape index (κ3) is 4.54. The fourth-order valence-electron chi connectivity index (χ4n) is 1.54. The molecule has 0 saturated carbocycles. The van der Waals surface area contributed by atoms with Crippen molar-refractivity contribution in [2.45, 2.75) is 13.1 Å².